The number of piperazine rings is 1. The first-order valence-corrected chi connectivity index (χ1v) is 10.6. The van der Waals surface area contributed by atoms with Crippen molar-refractivity contribution in [2.24, 2.45) is 0 Å². The van der Waals surface area contributed by atoms with Crippen LogP contribution in [0, 0.1) is 0 Å². The van der Waals surface area contributed by atoms with Gasteiger partial charge < -0.3 is 4.90 Å². The maximum Gasteiger partial charge on any atom is 0.253 e. The summed E-state index contributed by atoms with van der Waals surface area (Å²) < 4.78 is 26.8. The Morgan fingerprint density at radius 1 is 0.852 bits per heavy atom. The normalized spacial score (nSPS) is 16.3. The molecule has 144 valence electrons. The third-order valence-electron chi connectivity index (χ3n) is 4.90. The topological polar surface area (TPSA) is 57.7 Å². The van der Waals surface area contributed by atoms with Crippen LogP contribution in [0.2, 0.25) is 0 Å². The van der Waals surface area contributed by atoms with Crippen LogP contribution in [-0.4, -0.2) is 49.7 Å². The maximum atomic E-state index is 12.7. The van der Waals surface area contributed by atoms with Gasteiger partial charge in [-0.2, -0.15) is 4.31 Å². The quantitative estimate of drug-likeness (QED) is 0.814. The Morgan fingerprint density at radius 2 is 1.41 bits per heavy atom. The lowest BCUT2D eigenvalue weighted by Crippen LogP contribution is -2.50. The molecule has 0 atom stereocenters. The number of hydrogen-bond acceptors (Lipinski definition) is 3. The Bertz CT molecular complexity index is 893. The first-order chi connectivity index (χ1) is 12.7. The summed E-state index contributed by atoms with van der Waals surface area (Å²) in [6, 6.07) is 16.1. The molecule has 5 nitrogen and oxygen atoms in total. The molecular formula is C21H26N2O3S. The van der Waals surface area contributed by atoms with Gasteiger partial charge in [0.25, 0.3) is 5.91 Å². The van der Waals surface area contributed by atoms with E-state index in [0.29, 0.717) is 36.6 Å². The van der Waals surface area contributed by atoms with E-state index in [2.05, 4.69) is 20.8 Å². The number of nitrogens with zero attached hydrogens (tertiary/aromatic N) is 2. The van der Waals surface area contributed by atoms with Crippen molar-refractivity contribution >= 4 is 15.9 Å². The van der Waals surface area contributed by atoms with Crippen LogP contribution >= 0.6 is 0 Å². The first kappa shape index (κ1) is 19.6. The van der Waals surface area contributed by atoms with E-state index in [0.717, 1.165) is 0 Å². The van der Waals surface area contributed by atoms with Crippen LogP contribution in [0.3, 0.4) is 0 Å². The smallest absolute Gasteiger partial charge is 0.253 e. The molecule has 0 bridgehead atoms. The van der Waals surface area contributed by atoms with Crippen LogP contribution in [-0.2, 0) is 15.4 Å². The molecule has 1 aliphatic rings. The van der Waals surface area contributed by atoms with Gasteiger partial charge in [-0.25, -0.2) is 8.42 Å². The highest BCUT2D eigenvalue weighted by Gasteiger charge is 2.30. The Balaban J connectivity index is 1.66. The molecule has 2 aromatic carbocycles. The predicted octanol–water partition coefficient (Wildman–Crippen LogP) is 3.13. The molecule has 0 N–H and O–H groups in total. The van der Waals surface area contributed by atoms with Gasteiger partial charge in [0, 0.05) is 31.7 Å². The van der Waals surface area contributed by atoms with E-state index in [-0.39, 0.29) is 11.3 Å². The van der Waals surface area contributed by atoms with Crippen molar-refractivity contribution in [2.75, 3.05) is 26.2 Å². The third-order valence-corrected chi connectivity index (χ3v) is 6.82. The zero-order valence-electron chi connectivity index (χ0n) is 16.1. The fourth-order valence-corrected chi connectivity index (χ4v) is 4.61. The maximum absolute atomic E-state index is 12.7. The predicted molar refractivity (Wildman–Crippen MR) is 106 cm³/mol. The number of carbonyl (C=O) groups is 1. The molecule has 6 heteroatoms. The largest absolute Gasteiger partial charge is 0.336 e. The van der Waals surface area contributed by atoms with Crippen molar-refractivity contribution in [1.82, 2.24) is 9.21 Å². The van der Waals surface area contributed by atoms with E-state index in [1.165, 1.54) is 9.87 Å². The second-order valence-electron chi connectivity index (χ2n) is 7.84. The average molecular weight is 387 g/mol. The van der Waals surface area contributed by atoms with Crippen molar-refractivity contribution in [3.05, 3.63) is 65.7 Å². The second-order valence-corrected chi connectivity index (χ2v) is 9.77. The standard InChI is InChI=1S/C21H26N2O3S/c1-21(2,3)18-11-9-17(10-12-18)20(24)22-13-15-23(16-14-22)27(25,26)19-7-5-4-6-8-19/h4-12H,13-16H2,1-3H3. The lowest BCUT2D eigenvalue weighted by Gasteiger charge is -2.34. The average Bonchev–Trinajstić information content (AvgIpc) is 2.67. The highest BCUT2D eigenvalue weighted by Crippen LogP contribution is 2.23. The highest BCUT2D eigenvalue weighted by molar-refractivity contribution is 7.89. The molecule has 1 saturated heterocycles. The Morgan fingerprint density at radius 3 is 1.93 bits per heavy atom. The Labute approximate surface area is 161 Å². The zero-order valence-corrected chi connectivity index (χ0v) is 16.9. The summed E-state index contributed by atoms with van der Waals surface area (Å²) >= 11 is 0. The fraction of sp³-hybridized carbons (Fsp3) is 0.381. The van der Waals surface area contributed by atoms with Crippen molar-refractivity contribution in [3.8, 4) is 0 Å². The minimum Gasteiger partial charge on any atom is -0.336 e. The van der Waals surface area contributed by atoms with Crippen molar-refractivity contribution < 1.29 is 13.2 Å². The minimum atomic E-state index is -3.50. The summed E-state index contributed by atoms with van der Waals surface area (Å²) in [6.45, 7) is 7.81. The van der Waals surface area contributed by atoms with Gasteiger partial charge in [0.05, 0.1) is 4.90 Å². The molecule has 0 spiro atoms. The van der Waals surface area contributed by atoms with E-state index in [1.54, 1.807) is 35.2 Å². The second kappa shape index (κ2) is 7.44. The molecule has 1 amide bonds. The number of hydrogen-bond donors (Lipinski definition) is 0. The van der Waals surface area contributed by atoms with Crippen LogP contribution in [0.1, 0.15) is 36.7 Å². The molecular weight excluding hydrogens is 360 g/mol. The lowest BCUT2D eigenvalue weighted by atomic mass is 9.86. The molecule has 1 aliphatic heterocycles. The van der Waals surface area contributed by atoms with E-state index in [4.69, 9.17) is 0 Å². The molecule has 1 fully saturated rings. The summed E-state index contributed by atoms with van der Waals surface area (Å²) in [5.41, 5.74) is 1.86. The van der Waals surface area contributed by atoms with Crippen LogP contribution in [0.25, 0.3) is 0 Å². The molecule has 0 saturated carbocycles. The molecule has 1 heterocycles. The lowest BCUT2D eigenvalue weighted by molar-refractivity contribution is 0.0698. The molecule has 0 aromatic heterocycles. The van der Waals surface area contributed by atoms with Crippen molar-refractivity contribution in [2.45, 2.75) is 31.1 Å². The fourth-order valence-electron chi connectivity index (χ4n) is 3.17. The van der Waals surface area contributed by atoms with E-state index < -0.39 is 10.0 Å². The molecule has 27 heavy (non-hydrogen) atoms. The first-order valence-electron chi connectivity index (χ1n) is 9.14. The molecule has 2 aromatic rings. The van der Waals surface area contributed by atoms with Gasteiger partial charge in [0.15, 0.2) is 0 Å². The summed E-state index contributed by atoms with van der Waals surface area (Å²) in [5, 5.41) is 0. The van der Waals surface area contributed by atoms with Gasteiger partial charge in [-0.05, 0) is 35.2 Å². The molecule has 3 rings (SSSR count). The SMILES string of the molecule is CC(C)(C)c1ccc(C(=O)N2CCN(S(=O)(=O)c3ccccc3)CC2)cc1. The number of benzene rings is 2. The highest BCUT2D eigenvalue weighted by atomic mass is 32.2. The van der Waals surface area contributed by atoms with E-state index in [1.807, 2.05) is 24.3 Å². The minimum absolute atomic E-state index is 0.0407. The van der Waals surface area contributed by atoms with Crippen LogP contribution in [0.15, 0.2) is 59.5 Å². The van der Waals surface area contributed by atoms with Gasteiger partial charge >= 0.3 is 0 Å². The van der Waals surface area contributed by atoms with Gasteiger partial charge in [-0.1, -0.05) is 51.1 Å². The van der Waals surface area contributed by atoms with Gasteiger partial charge in [-0.3, -0.25) is 4.79 Å². The summed E-state index contributed by atoms with van der Waals surface area (Å²) in [7, 11) is -3.50. The number of rotatable bonds is 3. The van der Waals surface area contributed by atoms with Gasteiger partial charge in [-0.15, -0.1) is 0 Å². The Kier molecular flexibility index (Phi) is 5.40. The van der Waals surface area contributed by atoms with Gasteiger partial charge in [0.2, 0.25) is 10.0 Å². The number of amides is 1. The Hall–Kier alpha value is -2.18. The van der Waals surface area contributed by atoms with Crippen molar-refractivity contribution in [1.29, 1.82) is 0 Å². The van der Waals surface area contributed by atoms with E-state index >= 15 is 0 Å². The number of sulfonamides is 1. The van der Waals surface area contributed by atoms with Gasteiger partial charge in [0.1, 0.15) is 0 Å². The van der Waals surface area contributed by atoms with Crippen LogP contribution in [0.5, 0.6) is 0 Å². The molecule has 0 radical (unpaired) electrons. The third kappa shape index (κ3) is 4.22. The van der Waals surface area contributed by atoms with Crippen LogP contribution in [0.4, 0.5) is 0 Å². The summed E-state index contributed by atoms with van der Waals surface area (Å²) in [5.74, 6) is -0.0489. The zero-order chi connectivity index (χ0) is 19.7. The van der Waals surface area contributed by atoms with Crippen LogP contribution < -0.4 is 0 Å². The summed E-state index contributed by atoms with van der Waals surface area (Å²) in [4.78, 5) is 14.8. The van der Waals surface area contributed by atoms with Crippen molar-refractivity contribution in [3.63, 3.8) is 0 Å². The molecule has 0 aliphatic carbocycles. The summed E-state index contributed by atoms with van der Waals surface area (Å²) in [6.07, 6.45) is 0. The monoisotopic (exact) mass is 386 g/mol. The van der Waals surface area contributed by atoms with E-state index in [9.17, 15) is 13.2 Å². The molecule has 0 unspecified atom stereocenters. The number of carbonyl (C=O) groups excluding carboxylic acids is 1.